The van der Waals surface area contributed by atoms with Gasteiger partial charge in [0.25, 0.3) is 0 Å². The highest BCUT2D eigenvalue weighted by Crippen LogP contribution is 2.32. The molecule has 0 aliphatic carbocycles. The van der Waals surface area contributed by atoms with Crippen molar-refractivity contribution in [2.24, 2.45) is 0 Å². The first-order valence-electron chi connectivity index (χ1n) is 6.61. The van der Waals surface area contributed by atoms with Gasteiger partial charge in [0.05, 0.1) is 0 Å². The van der Waals surface area contributed by atoms with Crippen molar-refractivity contribution in [3.05, 3.63) is 58.6 Å². The summed E-state index contributed by atoms with van der Waals surface area (Å²) in [5.74, 6) is -1.72. The van der Waals surface area contributed by atoms with E-state index in [4.69, 9.17) is 16.3 Å². The fourth-order valence-corrected chi connectivity index (χ4v) is 2.03. The number of halogens is 3. The van der Waals surface area contributed by atoms with Gasteiger partial charge in [0.15, 0.2) is 11.6 Å². The lowest BCUT2D eigenvalue weighted by Crippen LogP contribution is -2.22. The summed E-state index contributed by atoms with van der Waals surface area (Å²) in [6.07, 6.45) is 0. The minimum atomic E-state index is -1.01. The van der Waals surface area contributed by atoms with Gasteiger partial charge in [-0.2, -0.15) is 4.39 Å². The van der Waals surface area contributed by atoms with Crippen molar-refractivity contribution in [1.82, 2.24) is 5.32 Å². The van der Waals surface area contributed by atoms with Crippen LogP contribution in [0.3, 0.4) is 0 Å². The Hall–Kier alpha value is -1.65. The quantitative estimate of drug-likeness (QED) is 0.847. The van der Waals surface area contributed by atoms with Crippen LogP contribution in [0.1, 0.15) is 19.4 Å². The minimum Gasteiger partial charge on any atom is -0.454 e. The molecule has 0 bridgehead atoms. The molecule has 1 N–H and O–H groups in total. The average Bonchev–Trinajstić information content (AvgIpc) is 2.43. The topological polar surface area (TPSA) is 21.3 Å². The van der Waals surface area contributed by atoms with Gasteiger partial charge in [0.2, 0.25) is 5.82 Å². The molecule has 2 aromatic carbocycles. The summed E-state index contributed by atoms with van der Waals surface area (Å²) in [5.41, 5.74) is 0.705. The third-order valence-corrected chi connectivity index (χ3v) is 3.25. The van der Waals surface area contributed by atoms with Gasteiger partial charge in [-0.25, -0.2) is 4.39 Å². The molecule has 112 valence electrons. The van der Waals surface area contributed by atoms with Crippen LogP contribution in [-0.2, 0) is 6.54 Å². The molecule has 0 unspecified atom stereocenters. The van der Waals surface area contributed by atoms with Gasteiger partial charge in [-0.15, -0.1) is 0 Å². The van der Waals surface area contributed by atoms with Crippen LogP contribution >= 0.6 is 11.6 Å². The van der Waals surface area contributed by atoms with Crippen LogP contribution in [-0.4, -0.2) is 6.04 Å². The maximum Gasteiger partial charge on any atom is 0.201 e. The van der Waals surface area contributed by atoms with E-state index in [0.29, 0.717) is 22.9 Å². The van der Waals surface area contributed by atoms with E-state index in [9.17, 15) is 8.78 Å². The second kappa shape index (κ2) is 6.87. The van der Waals surface area contributed by atoms with Crippen molar-refractivity contribution >= 4 is 11.6 Å². The average molecular weight is 312 g/mol. The van der Waals surface area contributed by atoms with Crippen LogP contribution in [0.25, 0.3) is 0 Å². The van der Waals surface area contributed by atoms with E-state index < -0.39 is 11.6 Å². The first-order valence-corrected chi connectivity index (χ1v) is 6.99. The summed E-state index contributed by atoms with van der Waals surface area (Å²) in [4.78, 5) is 0. The fraction of sp³-hybridized carbons (Fsp3) is 0.250. The van der Waals surface area contributed by atoms with Gasteiger partial charge in [0, 0.05) is 23.2 Å². The zero-order valence-corrected chi connectivity index (χ0v) is 12.5. The van der Waals surface area contributed by atoms with Gasteiger partial charge in [-0.1, -0.05) is 37.6 Å². The van der Waals surface area contributed by atoms with Crippen molar-refractivity contribution in [2.45, 2.75) is 26.4 Å². The molecule has 0 aromatic heterocycles. The first kappa shape index (κ1) is 15.7. The van der Waals surface area contributed by atoms with E-state index >= 15 is 0 Å². The van der Waals surface area contributed by atoms with Crippen LogP contribution in [0.4, 0.5) is 8.78 Å². The monoisotopic (exact) mass is 311 g/mol. The second-order valence-electron chi connectivity index (χ2n) is 4.91. The van der Waals surface area contributed by atoms with Crippen LogP contribution in [0.2, 0.25) is 5.02 Å². The predicted molar refractivity (Wildman–Crippen MR) is 79.9 cm³/mol. The van der Waals surface area contributed by atoms with Gasteiger partial charge >= 0.3 is 0 Å². The number of hydrogen-bond acceptors (Lipinski definition) is 2. The Bertz CT molecular complexity index is 632. The number of nitrogens with one attached hydrogen (secondary N) is 1. The van der Waals surface area contributed by atoms with Crippen LogP contribution in [0, 0.1) is 11.6 Å². The van der Waals surface area contributed by atoms with E-state index in [-0.39, 0.29) is 11.8 Å². The molecule has 0 fully saturated rings. The Kier molecular flexibility index (Phi) is 5.15. The molecule has 0 saturated heterocycles. The molecule has 2 aromatic rings. The maximum atomic E-state index is 13.7. The lowest BCUT2D eigenvalue weighted by molar-refractivity contribution is 0.411. The molecule has 2 rings (SSSR count). The smallest absolute Gasteiger partial charge is 0.201 e. The summed E-state index contributed by atoms with van der Waals surface area (Å²) in [6, 6.07) is 9.18. The molecular formula is C16H16ClF2NO. The molecule has 0 heterocycles. The predicted octanol–water partition coefficient (Wildman–Crippen LogP) is 4.91. The SMILES string of the molecule is CC(C)NCc1c(Cl)cccc1Oc1cccc(F)c1F. The lowest BCUT2D eigenvalue weighted by Gasteiger charge is -2.15. The lowest BCUT2D eigenvalue weighted by atomic mass is 10.2. The summed E-state index contributed by atoms with van der Waals surface area (Å²) >= 11 is 6.16. The Balaban J connectivity index is 2.31. The molecule has 5 heteroatoms. The van der Waals surface area contributed by atoms with E-state index in [1.54, 1.807) is 18.2 Å². The zero-order valence-electron chi connectivity index (χ0n) is 11.8. The number of ether oxygens (including phenoxy) is 1. The van der Waals surface area contributed by atoms with E-state index in [1.165, 1.54) is 12.1 Å². The van der Waals surface area contributed by atoms with Crippen molar-refractivity contribution in [1.29, 1.82) is 0 Å². The standard InChI is InChI=1S/C16H16ClF2NO/c1-10(2)20-9-11-12(17)5-3-7-14(11)21-15-8-4-6-13(18)16(15)19/h3-8,10,20H,9H2,1-2H3. The highest BCUT2D eigenvalue weighted by atomic mass is 35.5. The second-order valence-corrected chi connectivity index (χ2v) is 5.31. The van der Waals surface area contributed by atoms with Crippen molar-refractivity contribution in [2.75, 3.05) is 0 Å². The molecule has 0 amide bonds. The van der Waals surface area contributed by atoms with Crippen molar-refractivity contribution in [3.63, 3.8) is 0 Å². The minimum absolute atomic E-state index is 0.164. The highest BCUT2D eigenvalue weighted by molar-refractivity contribution is 6.31. The Labute approximate surface area is 127 Å². The van der Waals surface area contributed by atoms with Crippen LogP contribution in [0.5, 0.6) is 11.5 Å². The third-order valence-electron chi connectivity index (χ3n) is 2.90. The summed E-state index contributed by atoms with van der Waals surface area (Å²) in [5, 5.41) is 3.73. The number of benzene rings is 2. The van der Waals surface area contributed by atoms with Gasteiger partial charge < -0.3 is 10.1 Å². The summed E-state index contributed by atoms with van der Waals surface area (Å²) in [6.45, 7) is 4.48. The summed E-state index contributed by atoms with van der Waals surface area (Å²) < 4.78 is 32.4. The molecule has 0 radical (unpaired) electrons. The molecule has 0 aliphatic heterocycles. The van der Waals surface area contributed by atoms with E-state index in [0.717, 1.165) is 6.07 Å². The van der Waals surface area contributed by atoms with Gasteiger partial charge in [-0.3, -0.25) is 0 Å². The molecule has 0 saturated carbocycles. The van der Waals surface area contributed by atoms with E-state index in [2.05, 4.69) is 5.32 Å². The number of hydrogen-bond donors (Lipinski definition) is 1. The number of rotatable bonds is 5. The Morgan fingerprint density at radius 1 is 1.10 bits per heavy atom. The molecule has 21 heavy (non-hydrogen) atoms. The molecule has 0 atom stereocenters. The fourth-order valence-electron chi connectivity index (χ4n) is 1.79. The largest absolute Gasteiger partial charge is 0.454 e. The normalized spacial score (nSPS) is 11.0. The first-order chi connectivity index (χ1) is 9.99. The molecule has 0 spiro atoms. The molecular weight excluding hydrogens is 296 g/mol. The van der Waals surface area contributed by atoms with Crippen molar-refractivity contribution in [3.8, 4) is 11.5 Å². The van der Waals surface area contributed by atoms with Crippen LogP contribution in [0.15, 0.2) is 36.4 Å². The third kappa shape index (κ3) is 3.93. The summed E-state index contributed by atoms with van der Waals surface area (Å²) in [7, 11) is 0. The van der Waals surface area contributed by atoms with Gasteiger partial charge in [-0.05, 0) is 24.3 Å². The molecule has 2 nitrogen and oxygen atoms in total. The highest BCUT2D eigenvalue weighted by Gasteiger charge is 2.14. The Morgan fingerprint density at radius 2 is 1.76 bits per heavy atom. The molecule has 0 aliphatic rings. The van der Waals surface area contributed by atoms with Crippen molar-refractivity contribution < 1.29 is 13.5 Å². The maximum absolute atomic E-state index is 13.7. The Morgan fingerprint density at radius 3 is 2.48 bits per heavy atom. The van der Waals surface area contributed by atoms with Crippen LogP contribution < -0.4 is 10.1 Å². The van der Waals surface area contributed by atoms with E-state index in [1.807, 2.05) is 13.8 Å². The van der Waals surface area contributed by atoms with Gasteiger partial charge in [0.1, 0.15) is 5.75 Å². The zero-order chi connectivity index (χ0) is 15.4.